The van der Waals surface area contributed by atoms with Crippen molar-refractivity contribution in [1.82, 2.24) is 19.7 Å². The fourth-order valence-corrected chi connectivity index (χ4v) is 4.50. The van der Waals surface area contributed by atoms with Gasteiger partial charge in [-0.05, 0) is 48.2 Å². The Morgan fingerprint density at radius 1 is 1.00 bits per heavy atom. The van der Waals surface area contributed by atoms with E-state index in [1.807, 2.05) is 48.7 Å². The number of hydrogen-bond acceptors (Lipinski definition) is 4. The van der Waals surface area contributed by atoms with Crippen LogP contribution in [0.5, 0.6) is 0 Å². The van der Waals surface area contributed by atoms with Gasteiger partial charge >= 0.3 is 0 Å². The van der Waals surface area contributed by atoms with Crippen molar-refractivity contribution in [3.63, 3.8) is 0 Å². The molecule has 2 aromatic heterocycles. The van der Waals surface area contributed by atoms with Gasteiger partial charge in [0.1, 0.15) is 17.0 Å². The predicted molar refractivity (Wildman–Crippen MR) is 129 cm³/mol. The number of nitrogen functional groups attached to an aromatic ring is 1. The molecule has 1 aliphatic rings. The first kappa shape index (κ1) is 20.4. The van der Waals surface area contributed by atoms with Crippen LogP contribution in [0.25, 0.3) is 16.6 Å². The highest BCUT2D eigenvalue weighted by Crippen LogP contribution is 2.45. The van der Waals surface area contributed by atoms with Crippen LogP contribution in [0, 0.1) is 5.82 Å². The van der Waals surface area contributed by atoms with Gasteiger partial charge in [0.2, 0.25) is 5.95 Å². The van der Waals surface area contributed by atoms with Crippen LogP contribution in [0.3, 0.4) is 0 Å². The van der Waals surface area contributed by atoms with E-state index in [0.717, 1.165) is 29.7 Å². The first-order valence-electron chi connectivity index (χ1n) is 11.2. The minimum atomic E-state index is -0.426. The highest BCUT2D eigenvalue weighted by Gasteiger charge is 2.45. The summed E-state index contributed by atoms with van der Waals surface area (Å²) in [7, 11) is 0. The molecule has 34 heavy (non-hydrogen) atoms. The van der Waals surface area contributed by atoms with Crippen molar-refractivity contribution in [1.29, 1.82) is 0 Å². The topological polar surface area (TPSA) is 85.3 Å². The average molecular weight is 452 g/mol. The normalized spacial score (nSPS) is 14.4. The molecule has 0 saturated heterocycles. The van der Waals surface area contributed by atoms with Crippen molar-refractivity contribution in [2.24, 2.45) is 0 Å². The van der Waals surface area contributed by atoms with Gasteiger partial charge in [-0.15, -0.1) is 0 Å². The van der Waals surface area contributed by atoms with Crippen LogP contribution in [0.1, 0.15) is 40.0 Å². The Labute approximate surface area is 195 Å². The summed E-state index contributed by atoms with van der Waals surface area (Å²) in [5.74, 6) is -0.316. The number of imidazole rings is 1. The second kappa shape index (κ2) is 7.66. The van der Waals surface area contributed by atoms with Gasteiger partial charge in [-0.3, -0.25) is 9.20 Å². The smallest absolute Gasteiger partial charge is 0.251 e. The molecule has 0 bridgehead atoms. The molecule has 2 heterocycles. The molecule has 0 radical (unpaired) electrons. The molecule has 1 fully saturated rings. The van der Waals surface area contributed by atoms with E-state index in [4.69, 9.17) is 5.73 Å². The number of carbonyl (C=O) groups is 1. The first-order chi connectivity index (χ1) is 16.5. The zero-order valence-corrected chi connectivity index (χ0v) is 18.3. The van der Waals surface area contributed by atoms with Gasteiger partial charge in [-0.2, -0.15) is 0 Å². The van der Waals surface area contributed by atoms with E-state index in [1.165, 1.54) is 6.07 Å². The second-order valence-electron chi connectivity index (χ2n) is 8.81. The third kappa shape index (κ3) is 3.46. The van der Waals surface area contributed by atoms with Crippen molar-refractivity contribution in [2.75, 3.05) is 5.73 Å². The van der Waals surface area contributed by atoms with Gasteiger partial charge in [-0.1, -0.05) is 48.5 Å². The third-order valence-electron chi connectivity index (χ3n) is 6.49. The summed E-state index contributed by atoms with van der Waals surface area (Å²) >= 11 is 0. The molecule has 3 aromatic carbocycles. The van der Waals surface area contributed by atoms with Crippen LogP contribution in [0.2, 0.25) is 0 Å². The molecule has 5 aromatic rings. The average Bonchev–Trinajstić information content (AvgIpc) is 3.51. The number of anilines is 1. The van der Waals surface area contributed by atoms with E-state index < -0.39 is 5.82 Å². The quantitative estimate of drug-likeness (QED) is 0.409. The van der Waals surface area contributed by atoms with Gasteiger partial charge in [0.15, 0.2) is 0 Å². The minimum Gasteiger partial charge on any atom is -0.369 e. The number of carbonyl (C=O) groups excluding carboxylic acids is 1. The molecule has 6 rings (SSSR count). The van der Waals surface area contributed by atoms with Gasteiger partial charge in [-0.25, -0.2) is 14.4 Å². The fourth-order valence-electron chi connectivity index (χ4n) is 4.50. The SMILES string of the molecule is Nc1nc2c(F)cccc2c2nc(Cc3ccc(C(=O)NC4(c5ccccc5)CC4)cc3)cn12. The number of halogens is 1. The number of aromatic nitrogens is 3. The van der Waals surface area contributed by atoms with Gasteiger partial charge < -0.3 is 11.1 Å². The van der Waals surface area contributed by atoms with Crippen LogP contribution < -0.4 is 11.1 Å². The van der Waals surface area contributed by atoms with E-state index in [9.17, 15) is 9.18 Å². The molecule has 0 unspecified atom stereocenters. The lowest BCUT2D eigenvalue weighted by Crippen LogP contribution is -2.34. The van der Waals surface area contributed by atoms with Gasteiger partial charge in [0.05, 0.1) is 11.2 Å². The maximum atomic E-state index is 14.2. The molecule has 7 heteroatoms. The number of nitrogens with zero attached hydrogens (tertiary/aromatic N) is 3. The van der Waals surface area contributed by atoms with E-state index in [1.54, 1.807) is 16.5 Å². The number of fused-ring (bicyclic) bond motifs is 3. The van der Waals surface area contributed by atoms with Gasteiger partial charge in [0.25, 0.3) is 5.91 Å². The standard InChI is InChI=1S/C27H22FN5O/c28-22-8-4-7-21-23(22)31-26(29)33-16-20(30-24(21)33)15-17-9-11-18(12-10-17)25(34)32-27(13-14-27)19-5-2-1-3-6-19/h1-12,16H,13-15H2,(H2,29,31)(H,32,34). The van der Waals surface area contributed by atoms with E-state index in [0.29, 0.717) is 23.0 Å². The van der Waals surface area contributed by atoms with Crippen molar-refractivity contribution < 1.29 is 9.18 Å². The second-order valence-corrected chi connectivity index (χ2v) is 8.81. The summed E-state index contributed by atoms with van der Waals surface area (Å²) in [5.41, 5.74) is 10.1. The van der Waals surface area contributed by atoms with Gasteiger partial charge in [0, 0.05) is 23.6 Å². The van der Waals surface area contributed by atoms with E-state index in [2.05, 4.69) is 27.4 Å². The first-order valence-corrected chi connectivity index (χ1v) is 11.2. The predicted octanol–water partition coefficient (Wildman–Crippen LogP) is 4.61. The van der Waals surface area contributed by atoms with E-state index in [-0.39, 0.29) is 22.9 Å². The number of benzene rings is 3. The van der Waals surface area contributed by atoms with Crippen molar-refractivity contribution in [3.05, 3.63) is 107 Å². The highest BCUT2D eigenvalue weighted by atomic mass is 19.1. The Kier molecular flexibility index (Phi) is 4.58. The number of nitrogens with two attached hydrogens (primary N) is 1. The summed E-state index contributed by atoms with van der Waals surface area (Å²) in [6.45, 7) is 0. The molecule has 1 saturated carbocycles. The van der Waals surface area contributed by atoms with Crippen molar-refractivity contribution >= 4 is 28.4 Å². The molecule has 0 atom stereocenters. The monoisotopic (exact) mass is 451 g/mol. The maximum absolute atomic E-state index is 14.2. The van der Waals surface area contributed by atoms with Crippen LogP contribution in [0.15, 0.2) is 79.0 Å². The zero-order valence-electron chi connectivity index (χ0n) is 18.3. The zero-order chi connectivity index (χ0) is 23.3. The summed E-state index contributed by atoms with van der Waals surface area (Å²) < 4.78 is 15.8. The fraction of sp³-hybridized carbons (Fsp3) is 0.148. The third-order valence-corrected chi connectivity index (χ3v) is 6.49. The molecular formula is C27H22FN5O. The van der Waals surface area contributed by atoms with Crippen molar-refractivity contribution in [3.8, 4) is 0 Å². The van der Waals surface area contributed by atoms with Crippen LogP contribution >= 0.6 is 0 Å². The Hall–Kier alpha value is -4.26. The Bertz CT molecular complexity index is 1540. The number of nitrogens with one attached hydrogen (secondary N) is 1. The lowest BCUT2D eigenvalue weighted by atomic mass is 10.0. The maximum Gasteiger partial charge on any atom is 0.251 e. The van der Waals surface area contributed by atoms with Crippen LogP contribution in [-0.4, -0.2) is 20.3 Å². The molecular weight excluding hydrogens is 429 g/mol. The lowest BCUT2D eigenvalue weighted by molar-refractivity contribution is 0.0931. The molecule has 168 valence electrons. The van der Waals surface area contributed by atoms with Crippen LogP contribution in [-0.2, 0) is 12.0 Å². The molecule has 6 nitrogen and oxygen atoms in total. The molecule has 3 N–H and O–H groups in total. The van der Waals surface area contributed by atoms with E-state index >= 15 is 0 Å². The highest BCUT2D eigenvalue weighted by molar-refractivity contribution is 5.95. The number of rotatable bonds is 5. The minimum absolute atomic E-state index is 0.0759. The lowest BCUT2D eigenvalue weighted by Gasteiger charge is -2.18. The molecule has 1 amide bonds. The van der Waals surface area contributed by atoms with Crippen LogP contribution in [0.4, 0.5) is 10.3 Å². The molecule has 0 spiro atoms. The summed E-state index contributed by atoms with van der Waals surface area (Å²) in [6.07, 6.45) is 4.27. The number of para-hydroxylation sites is 1. The summed E-state index contributed by atoms with van der Waals surface area (Å²) in [6, 6.07) is 22.4. The summed E-state index contributed by atoms with van der Waals surface area (Å²) in [5, 5.41) is 3.82. The number of hydrogen-bond donors (Lipinski definition) is 2. The molecule has 1 aliphatic carbocycles. The molecule has 0 aliphatic heterocycles. The van der Waals surface area contributed by atoms with Crippen molar-refractivity contribution in [2.45, 2.75) is 24.8 Å². The Morgan fingerprint density at radius 2 is 1.76 bits per heavy atom. The Balaban J connectivity index is 1.22. The largest absolute Gasteiger partial charge is 0.369 e. The Morgan fingerprint density at radius 3 is 2.50 bits per heavy atom. The number of amides is 1. The summed E-state index contributed by atoms with van der Waals surface area (Å²) in [4.78, 5) is 21.7.